The predicted molar refractivity (Wildman–Crippen MR) is 57.8 cm³/mol. The van der Waals surface area contributed by atoms with Crippen molar-refractivity contribution in [2.75, 3.05) is 13.2 Å². The van der Waals surface area contributed by atoms with E-state index in [2.05, 4.69) is 10.1 Å². The van der Waals surface area contributed by atoms with Gasteiger partial charge in [-0.15, -0.1) is 0 Å². The van der Waals surface area contributed by atoms with E-state index in [1.807, 2.05) is 0 Å². The lowest BCUT2D eigenvalue weighted by Gasteiger charge is -2.38. The van der Waals surface area contributed by atoms with Crippen LogP contribution < -0.4 is 5.32 Å². The second-order valence-corrected chi connectivity index (χ2v) is 4.12. The van der Waals surface area contributed by atoms with Crippen LogP contribution in [-0.4, -0.2) is 42.0 Å². The van der Waals surface area contributed by atoms with E-state index in [0.717, 1.165) is 6.08 Å². The summed E-state index contributed by atoms with van der Waals surface area (Å²) >= 11 is 0. The maximum atomic E-state index is 12.9. The van der Waals surface area contributed by atoms with Crippen LogP contribution in [-0.2, 0) is 9.53 Å². The Bertz CT molecular complexity index is 330. The SMILES string of the molecule is CCOC(=O)C[C@@H]1CC=C[C@](CO)(C(F)(F)F)N1. The molecule has 7 heteroatoms. The molecule has 0 fully saturated rings. The number of halogens is 3. The Balaban J connectivity index is 2.74. The number of ether oxygens (including phenoxy) is 1. The molecule has 104 valence electrons. The van der Waals surface area contributed by atoms with Gasteiger partial charge in [0.15, 0.2) is 5.54 Å². The van der Waals surface area contributed by atoms with Gasteiger partial charge in [0.25, 0.3) is 0 Å². The zero-order valence-corrected chi connectivity index (χ0v) is 9.96. The van der Waals surface area contributed by atoms with Gasteiger partial charge in [0.2, 0.25) is 0 Å². The van der Waals surface area contributed by atoms with Crippen LogP contribution in [0.4, 0.5) is 13.2 Å². The molecule has 1 aliphatic rings. The standard InChI is InChI=1S/C11H16F3NO3/c1-2-18-9(17)6-8-4-3-5-10(7-16,15-8)11(12,13)14/h3,5,8,15-16H,2,4,6-7H2,1H3/t8-,10-/m0/s1. The van der Waals surface area contributed by atoms with Gasteiger partial charge in [-0.1, -0.05) is 12.2 Å². The number of aliphatic hydroxyl groups is 1. The van der Waals surface area contributed by atoms with Crippen molar-refractivity contribution in [2.24, 2.45) is 0 Å². The molecule has 1 aliphatic heterocycles. The van der Waals surface area contributed by atoms with Crippen LogP contribution in [0.15, 0.2) is 12.2 Å². The van der Waals surface area contributed by atoms with E-state index < -0.39 is 30.3 Å². The predicted octanol–water partition coefficient (Wildman–Crippen LogP) is 1.15. The van der Waals surface area contributed by atoms with Gasteiger partial charge in [0, 0.05) is 6.04 Å². The number of nitrogens with one attached hydrogen (secondary N) is 1. The Morgan fingerprint density at radius 3 is 2.78 bits per heavy atom. The third kappa shape index (κ3) is 3.23. The van der Waals surface area contributed by atoms with Gasteiger partial charge in [-0.2, -0.15) is 13.2 Å². The molecule has 1 rings (SSSR count). The van der Waals surface area contributed by atoms with Crippen LogP contribution >= 0.6 is 0 Å². The fourth-order valence-corrected chi connectivity index (χ4v) is 1.82. The minimum Gasteiger partial charge on any atom is -0.466 e. The highest BCUT2D eigenvalue weighted by molar-refractivity contribution is 5.70. The normalized spacial score (nSPS) is 28.2. The van der Waals surface area contributed by atoms with E-state index in [1.165, 1.54) is 6.08 Å². The quantitative estimate of drug-likeness (QED) is 0.592. The van der Waals surface area contributed by atoms with Crippen molar-refractivity contribution in [1.82, 2.24) is 5.32 Å². The summed E-state index contributed by atoms with van der Waals surface area (Å²) in [5.41, 5.74) is -2.47. The summed E-state index contributed by atoms with van der Waals surface area (Å²) in [5, 5.41) is 11.3. The second-order valence-electron chi connectivity index (χ2n) is 4.12. The van der Waals surface area contributed by atoms with Crippen LogP contribution in [0.25, 0.3) is 0 Å². The van der Waals surface area contributed by atoms with Crippen LogP contribution in [0, 0.1) is 0 Å². The average molecular weight is 267 g/mol. The monoisotopic (exact) mass is 267 g/mol. The molecule has 0 aliphatic carbocycles. The first kappa shape index (κ1) is 15.0. The van der Waals surface area contributed by atoms with Crippen LogP contribution in [0.5, 0.6) is 0 Å². The molecular formula is C11H16F3NO3. The molecule has 0 aromatic carbocycles. The Kier molecular flexibility index (Phi) is 4.75. The van der Waals surface area contributed by atoms with E-state index in [4.69, 9.17) is 5.11 Å². The Labute approximate surface area is 103 Å². The molecule has 0 saturated carbocycles. The van der Waals surface area contributed by atoms with Gasteiger partial charge in [-0.3, -0.25) is 10.1 Å². The topological polar surface area (TPSA) is 58.6 Å². The molecule has 0 saturated heterocycles. The van der Waals surface area contributed by atoms with E-state index in [-0.39, 0.29) is 19.4 Å². The summed E-state index contributed by atoms with van der Waals surface area (Å²) < 4.78 is 43.3. The first-order chi connectivity index (χ1) is 8.34. The molecule has 0 spiro atoms. The fourth-order valence-electron chi connectivity index (χ4n) is 1.82. The molecule has 0 bridgehead atoms. The van der Waals surface area contributed by atoms with Crippen LogP contribution in [0.2, 0.25) is 0 Å². The summed E-state index contributed by atoms with van der Waals surface area (Å²) in [6.07, 6.45) is -2.27. The summed E-state index contributed by atoms with van der Waals surface area (Å²) in [7, 11) is 0. The van der Waals surface area contributed by atoms with Crippen molar-refractivity contribution in [1.29, 1.82) is 0 Å². The lowest BCUT2D eigenvalue weighted by molar-refractivity contribution is -0.195. The van der Waals surface area contributed by atoms with Crippen LogP contribution in [0.1, 0.15) is 19.8 Å². The zero-order chi connectivity index (χ0) is 13.8. The molecule has 0 aromatic heterocycles. The third-order valence-electron chi connectivity index (χ3n) is 2.76. The number of carbonyl (C=O) groups is 1. The maximum absolute atomic E-state index is 12.9. The molecular weight excluding hydrogens is 251 g/mol. The van der Waals surface area contributed by atoms with Crippen molar-refractivity contribution >= 4 is 5.97 Å². The number of aliphatic hydroxyl groups excluding tert-OH is 1. The zero-order valence-electron chi connectivity index (χ0n) is 9.96. The van der Waals surface area contributed by atoms with E-state index in [9.17, 15) is 18.0 Å². The second kappa shape index (κ2) is 5.71. The summed E-state index contributed by atoms with van der Waals surface area (Å²) in [5.74, 6) is -0.556. The molecule has 2 atom stereocenters. The number of rotatable bonds is 4. The number of hydrogen-bond donors (Lipinski definition) is 2. The molecule has 0 radical (unpaired) electrons. The summed E-state index contributed by atoms with van der Waals surface area (Å²) in [6, 6.07) is -0.692. The molecule has 2 N–H and O–H groups in total. The summed E-state index contributed by atoms with van der Waals surface area (Å²) in [4.78, 5) is 11.2. The Morgan fingerprint density at radius 1 is 1.61 bits per heavy atom. The van der Waals surface area contributed by atoms with Gasteiger partial charge < -0.3 is 9.84 Å². The summed E-state index contributed by atoms with van der Waals surface area (Å²) in [6.45, 7) is 0.706. The fraction of sp³-hybridized carbons (Fsp3) is 0.727. The Morgan fingerprint density at radius 2 is 2.28 bits per heavy atom. The van der Waals surface area contributed by atoms with Crippen LogP contribution in [0.3, 0.4) is 0 Å². The molecule has 18 heavy (non-hydrogen) atoms. The van der Waals surface area contributed by atoms with E-state index in [1.54, 1.807) is 6.92 Å². The minimum atomic E-state index is -4.62. The third-order valence-corrected chi connectivity index (χ3v) is 2.76. The molecule has 0 amide bonds. The average Bonchev–Trinajstić information content (AvgIpc) is 2.28. The van der Waals surface area contributed by atoms with Gasteiger partial charge in [-0.05, 0) is 13.3 Å². The highest BCUT2D eigenvalue weighted by atomic mass is 19.4. The number of alkyl halides is 3. The molecule has 4 nitrogen and oxygen atoms in total. The molecule has 0 aromatic rings. The van der Waals surface area contributed by atoms with Crippen molar-refractivity contribution < 1.29 is 27.8 Å². The number of carbonyl (C=O) groups excluding carboxylic acids is 1. The first-order valence-electron chi connectivity index (χ1n) is 5.63. The number of hydrogen-bond acceptors (Lipinski definition) is 4. The van der Waals surface area contributed by atoms with Gasteiger partial charge in [0.05, 0.1) is 19.6 Å². The largest absolute Gasteiger partial charge is 0.466 e. The first-order valence-corrected chi connectivity index (χ1v) is 5.63. The smallest absolute Gasteiger partial charge is 0.412 e. The van der Waals surface area contributed by atoms with Crippen molar-refractivity contribution in [3.05, 3.63) is 12.2 Å². The van der Waals surface area contributed by atoms with Crippen molar-refractivity contribution in [2.45, 2.75) is 37.5 Å². The van der Waals surface area contributed by atoms with Gasteiger partial charge >= 0.3 is 12.1 Å². The highest BCUT2D eigenvalue weighted by Crippen LogP contribution is 2.34. The molecule has 0 unspecified atom stereocenters. The van der Waals surface area contributed by atoms with Gasteiger partial charge in [0.1, 0.15) is 0 Å². The maximum Gasteiger partial charge on any atom is 0.412 e. The van der Waals surface area contributed by atoms with Crippen molar-refractivity contribution in [3.63, 3.8) is 0 Å². The Hall–Kier alpha value is -1.08. The van der Waals surface area contributed by atoms with E-state index in [0.29, 0.717) is 0 Å². The minimum absolute atomic E-state index is 0.157. The number of esters is 1. The van der Waals surface area contributed by atoms with Gasteiger partial charge in [-0.25, -0.2) is 0 Å². The van der Waals surface area contributed by atoms with Crippen molar-refractivity contribution in [3.8, 4) is 0 Å². The lowest BCUT2D eigenvalue weighted by Crippen LogP contribution is -2.62. The lowest BCUT2D eigenvalue weighted by atomic mass is 9.91. The van der Waals surface area contributed by atoms with E-state index >= 15 is 0 Å². The molecule has 1 heterocycles. The highest BCUT2D eigenvalue weighted by Gasteiger charge is 2.54.